The summed E-state index contributed by atoms with van der Waals surface area (Å²) < 4.78 is 50.1. The van der Waals surface area contributed by atoms with Crippen molar-refractivity contribution in [2.75, 3.05) is 13.7 Å². The molecular formula is C24H18F3NO4. The number of phenols is 1. The number of ether oxygens (including phenoxy) is 2. The van der Waals surface area contributed by atoms with Gasteiger partial charge in [0.2, 0.25) is 5.88 Å². The average molecular weight is 441 g/mol. The van der Waals surface area contributed by atoms with Crippen LogP contribution in [-0.2, 0) is 10.9 Å². The van der Waals surface area contributed by atoms with Crippen LogP contribution in [0.5, 0.6) is 11.6 Å². The predicted octanol–water partition coefficient (Wildman–Crippen LogP) is 5.06. The van der Waals surface area contributed by atoms with Gasteiger partial charge in [0.1, 0.15) is 5.75 Å². The van der Waals surface area contributed by atoms with E-state index < -0.39 is 23.5 Å². The zero-order valence-corrected chi connectivity index (χ0v) is 17.2. The van der Waals surface area contributed by atoms with E-state index in [2.05, 4.69) is 16.8 Å². The van der Waals surface area contributed by atoms with Gasteiger partial charge in [0.15, 0.2) is 0 Å². The Hall–Kier alpha value is -3.99. The Morgan fingerprint density at radius 1 is 1.06 bits per heavy atom. The summed E-state index contributed by atoms with van der Waals surface area (Å²) in [7, 11) is 1.47. The molecule has 0 unspecified atom stereocenters. The van der Waals surface area contributed by atoms with Crippen molar-refractivity contribution in [3.05, 3.63) is 77.0 Å². The first kappa shape index (κ1) is 22.7. The van der Waals surface area contributed by atoms with Gasteiger partial charge in [-0.15, -0.1) is 0 Å². The first-order valence-electron chi connectivity index (χ1n) is 9.46. The maximum atomic E-state index is 13.3. The van der Waals surface area contributed by atoms with Crippen molar-refractivity contribution in [1.82, 2.24) is 4.98 Å². The van der Waals surface area contributed by atoms with Gasteiger partial charge in [-0.25, -0.2) is 9.78 Å². The topological polar surface area (TPSA) is 68.7 Å². The van der Waals surface area contributed by atoms with Crippen molar-refractivity contribution in [2.45, 2.75) is 13.1 Å². The van der Waals surface area contributed by atoms with E-state index in [1.54, 1.807) is 25.1 Å². The summed E-state index contributed by atoms with van der Waals surface area (Å²) in [5.74, 6) is 4.61. The number of aromatic nitrogens is 1. The molecule has 0 aliphatic rings. The molecule has 3 rings (SSSR count). The van der Waals surface area contributed by atoms with Gasteiger partial charge in [-0.05, 0) is 55.0 Å². The fourth-order valence-corrected chi connectivity index (χ4v) is 2.90. The third kappa shape index (κ3) is 5.19. The number of benzene rings is 2. The molecule has 0 aliphatic carbocycles. The molecule has 0 saturated heterocycles. The lowest BCUT2D eigenvalue weighted by atomic mass is 9.98. The highest BCUT2D eigenvalue weighted by atomic mass is 19.4. The summed E-state index contributed by atoms with van der Waals surface area (Å²) in [6.07, 6.45) is -3.17. The molecule has 32 heavy (non-hydrogen) atoms. The van der Waals surface area contributed by atoms with Crippen LogP contribution in [0.15, 0.2) is 54.7 Å². The number of carbonyl (C=O) groups is 1. The van der Waals surface area contributed by atoms with E-state index in [1.807, 2.05) is 0 Å². The summed E-state index contributed by atoms with van der Waals surface area (Å²) >= 11 is 0. The van der Waals surface area contributed by atoms with Crippen LogP contribution < -0.4 is 4.74 Å². The number of alkyl halides is 3. The fourth-order valence-electron chi connectivity index (χ4n) is 2.90. The maximum absolute atomic E-state index is 13.3. The van der Waals surface area contributed by atoms with Crippen LogP contribution in [-0.4, -0.2) is 29.8 Å². The fraction of sp³-hybridized carbons (Fsp3) is 0.167. The van der Waals surface area contributed by atoms with Crippen LogP contribution in [0.2, 0.25) is 0 Å². The summed E-state index contributed by atoms with van der Waals surface area (Å²) in [5.41, 5.74) is 0.396. The number of rotatable bonds is 4. The Morgan fingerprint density at radius 2 is 1.78 bits per heavy atom. The number of hydrogen-bond donors (Lipinski definition) is 1. The minimum atomic E-state index is -4.68. The van der Waals surface area contributed by atoms with Gasteiger partial charge in [0.05, 0.1) is 24.8 Å². The Labute approximate surface area is 182 Å². The second-order valence-corrected chi connectivity index (χ2v) is 6.55. The van der Waals surface area contributed by atoms with Gasteiger partial charge >= 0.3 is 12.1 Å². The molecule has 1 N–H and O–H groups in total. The van der Waals surface area contributed by atoms with Crippen LogP contribution in [0.4, 0.5) is 13.2 Å². The number of hydrogen-bond acceptors (Lipinski definition) is 5. The van der Waals surface area contributed by atoms with E-state index in [4.69, 9.17) is 9.47 Å². The van der Waals surface area contributed by atoms with Gasteiger partial charge in [-0.1, -0.05) is 11.8 Å². The van der Waals surface area contributed by atoms with Crippen molar-refractivity contribution < 1.29 is 32.5 Å². The SMILES string of the molecule is CCOC(=O)c1ccc(C#Cc2ccc(O)cc2C(F)(F)F)c(-c2ccc(OC)nc2)c1. The van der Waals surface area contributed by atoms with Gasteiger partial charge in [0, 0.05) is 29.0 Å². The highest BCUT2D eigenvalue weighted by molar-refractivity contribution is 5.92. The Balaban J connectivity index is 2.13. The molecule has 0 radical (unpaired) electrons. The zero-order valence-electron chi connectivity index (χ0n) is 17.2. The minimum absolute atomic E-state index is 0.195. The third-order valence-electron chi connectivity index (χ3n) is 4.43. The molecular weight excluding hydrogens is 423 g/mol. The number of phenolic OH excluding ortho intramolecular Hbond substituents is 1. The highest BCUT2D eigenvalue weighted by Crippen LogP contribution is 2.34. The van der Waals surface area contributed by atoms with Crippen LogP contribution in [0.25, 0.3) is 11.1 Å². The minimum Gasteiger partial charge on any atom is -0.508 e. The molecule has 0 saturated carbocycles. The molecule has 5 nitrogen and oxygen atoms in total. The third-order valence-corrected chi connectivity index (χ3v) is 4.43. The number of carbonyl (C=O) groups excluding carboxylic acids is 1. The molecule has 2 aromatic carbocycles. The molecule has 1 aromatic heterocycles. The van der Waals surface area contributed by atoms with Gasteiger partial charge < -0.3 is 14.6 Å². The summed E-state index contributed by atoms with van der Waals surface area (Å²) in [4.78, 5) is 16.3. The number of pyridine rings is 1. The number of methoxy groups -OCH3 is 1. The monoisotopic (exact) mass is 441 g/mol. The van der Waals surface area contributed by atoms with Gasteiger partial charge in [-0.3, -0.25) is 0 Å². The Bertz CT molecular complexity index is 1190. The van der Waals surface area contributed by atoms with E-state index in [1.165, 1.54) is 25.4 Å². The number of nitrogens with zero attached hydrogens (tertiary/aromatic N) is 1. The lowest BCUT2D eigenvalue weighted by Crippen LogP contribution is -2.07. The molecule has 1 heterocycles. The molecule has 164 valence electrons. The van der Waals surface area contributed by atoms with Crippen molar-refractivity contribution in [2.24, 2.45) is 0 Å². The number of esters is 1. The lowest BCUT2D eigenvalue weighted by Gasteiger charge is -2.10. The van der Waals surface area contributed by atoms with Crippen molar-refractivity contribution in [3.63, 3.8) is 0 Å². The molecule has 0 spiro atoms. The van der Waals surface area contributed by atoms with E-state index in [0.29, 0.717) is 28.6 Å². The standard InChI is InChI=1S/C24H18F3NO4/c1-3-32-23(30)17-7-5-15(20(12-17)18-9-11-22(31-2)28-14-18)4-6-16-8-10-19(29)13-21(16)24(25,26)27/h5,7-14,29H,3H2,1-2H3. The van der Waals surface area contributed by atoms with Crippen LogP contribution in [0.3, 0.4) is 0 Å². The lowest BCUT2D eigenvalue weighted by molar-refractivity contribution is -0.137. The van der Waals surface area contributed by atoms with Gasteiger partial charge in [-0.2, -0.15) is 13.2 Å². The summed E-state index contributed by atoms with van der Waals surface area (Å²) in [6, 6.07) is 10.8. The highest BCUT2D eigenvalue weighted by Gasteiger charge is 2.33. The zero-order chi connectivity index (χ0) is 23.3. The average Bonchev–Trinajstić information content (AvgIpc) is 2.78. The molecule has 3 aromatic rings. The van der Waals surface area contributed by atoms with Crippen molar-refractivity contribution in [1.29, 1.82) is 0 Å². The first-order valence-corrected chi connectivity index (χ1v) is 9.46. The molecule has 8 heteroatoms. The molecule has 0 aliphatic heterocycles. The van der Waals surface area contributed by atoms with Crippen LogP contribution in [0.1, 0.15) is 34.0 Å². The van der Waals surface area contributed by atoms with E-state index >= 15 is 0 Å². The van der Waals surface area contributed by atoms with E-state index in [9.17, 15) is 23.1 Å². The largest absolute Gasteiger partial charge is 0.508 e. The van der Waals surface area contributed by atoms with E-state index in [0.717, 1.165) is 12.1 Å². The quantitative estimate of drug-likeness (QED) is 0.453. The van der Waals surface area contributed by atoms with Crippen molar-refractivity contribution in [3.8, 4) is 34.6 Å². The smallest absolute Gasteiger partial charge is 0.417 e. The number of halogens is 3. The maximum Gasteiger partial charge on any atom is 0.417 e. The Morgan fingerprint density at radius 3 is 2.41 bits per heavy atom. The Kier molecular flexibility index (Phi) is 6.69. The van der Waals surface area contributed by atoms with Crippen LogP contribution in [0, 0.1) is 11.8 Å². The summed E-state index contributed by atoms with van der Waals surface area (Å²) in [6.45, 7) is 1.88. The van der Waals surface area contributed by atoms with E-state index in [-0.39, 0.29) is 17.7 Å². The normalized spacial score (nSPS) is 10.8. The van der Waals surface area contributed by atoms with Crippen molar-refractivity contribution >= 4 is 5.97 Å². The predicted molar refractivity (Wildman–Crippen MR) is 111 cm³/mol. The second-order valence-electron chi connectivity index (χ2n) is 6.55. The molecule has 0 fully saturated rings. The second kappa shape index (κ2) is 9.43. The number of aromatic hydroxyl groups is 1. The molecule has 0 atom stereocenters. The summed E-state index contributed by atoms with van der Waals surface area (Å²) in [5, 5.41) is 9.44. The first-order chi connectivity index (χ1) is 15.2. The van der Waals surface area contributed by atoms with Crippen LogP contribution >= 0.6 is 0 Å². The molecule has 0 bridgehead atoms. The van der Waals surface area contributed by atoms with Gasteiger partial charge in [0.25, 0.3) is 0 Å². The molecule has 0 amide bonds.